The Kier molecular flexibility index (Phi) is 6.46. The highest BCUT2D eigenvalue weighted by atomic mass is 32.2. The number of amides is 1. The molecule has 1 aromatic rings. The Morgan fingerprint density at radius 3 is 2.36 bits per heavy atom. The summed E-state index contributed by atoms with van der Waals surface area (Å²) >= 11 is 0. The molecule has 7 heteroatoms. The van der Waals surface area contributed by atoms with Gasteiger partial charge in [-0.2, -0.15) is 0 Å². The fourth-order valence-electron chi connectivity index (χ4n) is 3.14. The van der Waals surface area contributed by atoms with Gasteiger partial charge in [-0.15, -0.1) is 0 Å². The molecule has 1 aliphatic heterocycles. The zero-order valence-electron chi connectivity index (χ0n) is 15.7. The van der Waals surface area contributed by atoms with Crippen LogP contribution >= 0.6 is 0 Å². The molecule has 2 rings (SSSR count). The second-order valence-electron chi connectivity index (χ2n) is 6.62. The number of anilines is 1. The molecule has 0 spiro atoms. The molecular weight excluding hydrogens is 338 g/mol. The summed E-state index contributed by atoms with van der Waals surface area (Å²) in [5, 5.41) is 0. The lowest BCUT2D eigenvalue weighted by Gasteiger charge is -2.34. The van der Waals surface area contributed by atoms with Crippen molar-refractivity contribution in [3.63, 3.8) is 0 Å². The molecule has 0 N–H and O–H groups in total. The molecule has 0 radical (unpaired) electrons. The molecule has 1 amide bonds. The lowest BCUT2D eigenvalue weighted by Crippen LogP contribution is -2.49. The second kappa shape index (κ2) is 8.19. The summed E-state index contributed by atoms with van der Waals surface area (Å²) in [5.41, 5.74) is 2.62. The Balaban J connectivity index is 2.07. The minimum Gasteiger partial charge on any atom is -0.340 e. The van der Waals surface area contributed by atoms with Gasteiger partial charge >= 0.3 is 0 Å². The maximum atomic E-state index is 12.5. The fraction of sp³-hybridized carbons (Fsp3) is 0.611. The minimum atomic E-state index is -3.44. The molecule has 0 bridgehead atoms. The summed E-state index contributed by atoms with van der Waals surface area (Å²) < 4.78 is 25.9. The predicted molar refractivity (Wildman–Crippen MR) is 101 cm³/mol. The van der Waals surface area contributed by atoms with Crippen molar-refractivity contribution in [3.05, 3.63) is 29.3 Å². The van der Waals surface area contributed by atoms with Crippen molar-refractivity contribution in [2.75, 3.05) is 49.8 Å². The molecule has 6 nitrogen and oxygen atoms in total. The normalized spacial score (nSPS) is 16.1. The first-order valence-electron chi connectivity index (χ1n) is 8.78. The summed E-state index contributed by atoms with van der Waals surface area (Å²) in [6, 6.07) is 5.60. The van der Waals surface area contributed by atoms with Crippen molar-refractivity contribution >= 4 is 21.6 Å². The van der Waals surface area contributed by atoms with Crippen molar-refractivity contribution in [2.45, 2.75) is 27.2 Å². The fourth-order valence-corrected chi connectivity index (χ4v) is 4.12. The molecule has 0 aromatic heterocycles. The van der Waals surface area contributed by atoms with Gasteiger partial charge in [0.25, 0.3) is 0 Å². The summed E-state index contributed by atoms with van der Waals surface area (Å²) in [4.78, 5) is 16.6. The molecule has 0 aliphatic carbocycles. The monoisotopic (exact) mass is 367 g/mol. The number of likely N-dealkylation sites (N-methyl/N-ethyl adjacent to an activating group) is 1. The molecule has 1 heterocycles. The van der Waals surface area contributed by atoms with Gasteiger partial charge in [-0.1, -0.05) is 19.1 Å². The second-order valence-corrected chi connectivity index (χ2v) is 8.53. The topological polar surface area (TPSA) is 60.9 Å². The van der Waals surface area contributed by atoms with E-state index in [1.165, 1.54) is 10.6 Å². The molecule has 1 fully saturated rings. The van der Waals surface area contributed by atoms with Crippen LogP contribution in [0.5, 0.6) is 0 Å². The van der Waals surface area contributed by atoms with Crippen molar-refractivity contribution in [2.24, 2.45) is 0 Å². The minimum absolute atomic E-state index is 0.0229. The number of carbonyl (C=O) groups excluding carboxylic acids is 1. The highest BCUT2D eigenvalue weighted by Crippen LogP contribution is 2.25. The van der Waals surface area contributed by atoms with Crippen molar-refractivity contribution in [3.8, 4) is 0 Å². The number of aryl methyl sites for hydroxylation is 1. The Bertz CT molecular complexity index is 710. The number of sulfonamides is 1. The Labute approximate surface area is 151 Å². The van der Waals surface area contributed by atoms with Crippen molar-refractivity contribution in [1.82, 2.24) is 9.80 Å². The predicted octanol–water partition coefficient (Wildman–Crippen LogP) is 1.62. The third-order valence-corrected chi connectivity index (χ3v) is 6.13. The van der Waals surface area contributed by atoms with Crippen LogP contribution in [0.25, 0.3) is 0 Å². The first-order valence-corrected chi connectivity index (χ1v) is 10.6. The Hall–Kier alpha value is -1.60. The van der Waals surface area contributed by atoms with E-state index in [-0.39, 0.29) is 18.9 Å². The molecule has 1 aliphatic rings. The zero-order valence-corrected chi connectivity index (χ0v) is 16.5. The zero-order chi connectivity index (χ0) is 18.6. The number of benzene rings is 1. The van der Waals surface area contributed by atoms with E-state index in [1.807, 2.05) is 30.9 Å². The van der Waals surface area contributed by atoms with Gasteiger partial charge in [0.1, 0.15) is 0 Å². The summed E-state index contributed by atoms with van der Waals surface area (Å²) in [7, 11) is -3.44. The van der Waals surface area contributed by atoms with Crippen LogP contribution in [0.3, 0.4) is 0 Å². The number of hydrogen-bond acceptors (Lipinski definition) is 4. The number of carbonyl (C=O) groups is 1. The number of hydrogen-bond donors (Lipinski definition) is 0. The van der Waals surface area contributed by atoms with Gasteiger partial charge in [0.2, 0.25) is 15.9 Å². The van der Waals surface area contributed by atoms with E-state index in [2.05, 4.69) is 11.8 Å². The SMILES string of the molecule is CCN1CCN(C(=O)CCN(c2cccc(C)c2C)S(C)(=O)=O)CC1. The van der Waals surface area contributed by atoms with Crippen LogP contribution in [-0.2, 0) is 14.8 Å². The smallest absolute Gasteiger partial charge is 0.232 e. The number of rotatable bonds is 6. The maximum Gasteiger partial charge on any atom is 0.232 e. The van der Waals surface area contributed by atoms with Gasteiger partial charge in [-0.05, 0) is 37.6 Å². The standard InChI is InChI=1S/C18H29N3O3S/c1-5-19-11-13-20(14-12-19)18(22)9-10-21(25(4,23)24)17-8-6-7-15(2)16(17)3/h6-8H,5,9-14H2,1-4H3. The Morgan fingerprint density at radius 2 is 1.80 bits per heavy atom. The third kappa shape index (κ3) is 4.95. The van der Waals surface area contributed by atoms with Crippen molar-refractivity contribution in [1.29, 1.82) is 0 Å². The highest BCUT2D eigenvalue weighted by molar-refractivity contribution is 7.92. The molecular formula is C18H29N3O3S. The van der Waals surface area contributed by atoms with Crippen molar-refractivity contribution < 1.29 is 13.2 Å². The van der Waals surface area contributed by atoms with E-state index < -0.39 is 10.0 Å². The van der Waals surface area contributed by atoms with Crippen LogP contribution in [0.4, 0.5) is 5.69 Å². The van der Waals surface area contributed by atoms with E-state index >= 15 is 0 Å². The van der Waals surface area contributed by atoms with Crippen LogP contribution in [-0.4, -0.2) is 69.6 Å². The highest BCUT2D eigenvalue weighted by Gasteiger charge is 2.24. The first kappa shape index (κ1) is 19.7. The average Bonchev–Trinajstić information content (AvgIpc) is 2.57. The molecule has 25 heavy (non-hydrogen) atoms. The lowest BCUT2D eigenvalue weighted by molar-refractivity contribution is -0.132. The average molecular weight is 368 g/mol. The first-order chi connectivity index (χ1) is 11.7. The van der Waals surface area contributed by atoms with E-state index in [4.69, 9.17) is 0 Å². The molecule has 0 unspecified atom stereocenters. The van der Waals surface area contributed by atoms with Gasteiger partial charge < -0.3 is 9.80 Å². The third-order valence-electron chi connectivity index (χ3n) is 4.95. The largest absolute Gasteiger partial charge is 0.340 e. The molecule has 0 atom stereocenters. The molecule has 0 saturated carbocycles. The molecule has 1 saturated heterocycles. The van der Waals surface area contributed by atoms with Gasteiger partial charge in [0, 0.05) is 39.1 Å². The van der Waals surface area contributed by atoms with Crippen LogP contribution in [0.15, 0.2) is 18.2 Å². The molecule has 1 aromatic carbocycles. The Morgan fingerprint density at radius 1 is 1.16 bits per heavy atom. The summed E-state index contributed by atoms with van der Waals surface area (Å²) in [6.45, 7) is 10.4. The maximum absolute atomic E-state index is 12.5. The quantitative estimate of drug-likeness (QED) is 0.767. The number of piperazine rings is 1. The van der Waals surface area contributed by atoms with Gasteiger partial charge in [-0.25, -0.2) is 8.42 Å². The summed E-state index contributed by atoms with van der Waals surface area (Å²) in [6.07, 6.45) is 1.39. The van der Waals surface area contributed by atoms with E-state index in [9.17, 15) is 13.2 Å². The van der Waals surface area contributed by atoms with Gasteiger partial charge in [0.05, 0.1) is 11.9 Å². The van der Waals surface area contributed by atoms with Crippen LogP contribution < -0.4 is 4.31 Å². The summed E-state index contributed by atoms with van der Waals surface area (Å²) in [5.74, 6) is 0.0229. The lowest BCUT2D eigenvalue weighted by atomic mass is 10.1. The molecule has 140 valence electrons. The van der Waals surface area contributed by atoms with E-state index in [0.717, 1.165) is 43.9 Å². The van der Waals surface area contributed by atoms with Crippen LogP contribution in [0.2, 0.25) is 0 Å². The van der Waals surface area contributed by atoms with Gasteiger partial charge in [0.15, 0.2) is 0 Å². The van der Waals surface area contributed by atoms with Crippen LogP contribution in [0.1, 0.15) is 24.5 Å². The van der Waals surface area contributed by atoms with Crippen LogP contribution in [0, 0.1) is 13.8 Å². The number of nitrogens with zero attached hydrogens (tertiary/aromatic N) is 3. The van der Waals surface area contributed by atoms with E-state index in [1.54, 1.807) is 6.07 Å². The van der Waals surface area contributed by atoms with E-state index in [0.29, 0.717) is 5.69 Å². The van der Waals surface area contributed by atoms with Gasteiger partial charge in [-0.3, -0.25) is 9.10 Å².